The van der Waals surface area contributed by atoms with E-state index in [0.29, 0.717) is 12.0 Å². The molecule has 0 aromatic heterocycles. The average molecular weight is 243 g/mol. The largest absolute Gasteiger partial charge is 0.313 e. The lowest BCUT2D eigenvalue weighted by Crippen LogP contribution is -2.42. The van der Waals surface area contributed by atoms with Gasteiger partial charge in [-0.3, -0.25) is 0 Å². The van der Waals surface area contributed by atoms with Crippen LogP contribution < -0.4 is 10.6 Å². The summed E-state index contributed by atoms with van der Waals surface area (Å²) in [6, 6.07) is 0.608. The van der Waals surface area contributed by atoms with Crippen LogP contribution in [0.3, 0.4) is 0 Å². The fourth-order valence-corrected chi connectivity index (χ4v) is 1.45. The number of nitrogens with zero attached hydrogens (tertiary/aromatic N) is 1. The van der Waals surface area contributed by atoms with Crippen LogP contribution in [0, 0.1) is 5.92 Å². The van der Waals surface area contributed by atoms with Gasteiger partial charge in [-0.2, -0.15) is 0 Å². The van der Waals surface area contributed by atoms with Crippen molar-refractivity contribution in [3.05, 3.63) is 0 Å². The molecular weight excluding hydrogens is 210 g/mol. The quantitative estimate of drug-likeness (QED) is 0.682. The molecule has 0 aromatic carbocycles. The fraction of sp³-hybridized carbons (Fsp3) is 1.00. The smallest absolute Gasteiger partial charge is 0.0105 e. The predicted molar refractivity (Wildman–Crippen MR) is 77.6 cm³/mol. The van der Waals surface area contributed by atoms with Crippen LogP contribution in [-0.2, 0) is 0 Å². The van der Waals surface area contributed by atoms with E-state index in [1.54, 1.807) is 0 Å². The molecule has 1 unspecified atom stereocenters. The van der Waals surface area contributed by atoms with E-state index in [0.717, 1.165) is 26.2 Å². The lowest BCUT2D eigenvalue weighted by Gasteiger charge is -2.24. The molecule has 0 heterocycles. The first-order valence-electron chi connectivity index (χ1n) is 6.89. The second-order valence-corrected chi connectivity index (χ2v) is 6.47. The normalized spacial score (nSPS) is 14.6. The molecule has 3 heteroatoms. The molecule has 0 aliphatic rings. The molecule has 0 aliphatic carbocycles. The number of hydrogen-bond donors (Lipinski definition) is 2. The van der Waals surface area contributed by atoms with Crippen LogP contribution in [0.4, 0.5) is 0 Å². The van der Waals surface area contributed by atoms with Gasteiger partial charge < -0.3 is 15.5 Å². The van der Waals surface area contributed by atoms with Gasteiger partial charge in [0.2, 0.25) is 0 Å². The van der Waals surface area contributed by atoms with Gasteiger partial charge >= 0.3 is 0 Å². The second-order valence-electron chi connectivity index (χ2n) is 6.47. The highest BCUT2D eigenvalue weighted by atomic mass is 15.1. The first-order valence-corrected chi connectivity index (χ1v) is 6.89. The van der Waals surface area contributed by atoms with E-state index in [1.807, 2.05) is 0 Å². The van der Waals surface area contributed by atoms with Crippen molar-refractivity contribution in [2.24, 2.45) is 5.92 Å². The summed E-state index contributed by atoms with van der Waals surface area (Å²) in [6.45, 7) is 17.7. The second kappa shape index (κ2) is 8.06. The van der Waals surface area contributed by atoms with E-state index in [2.05, 4.69) is 64.1 Å². The Morgan fingerprint density at radius 3 is 2.00 bits per heavy atom. The highest BCUT2D eigenvalue weighted by Gasteiger charge is 2.09. The first-order chi connectivity index (χ1) is 7.72. The van der Waals surface area contributed by atoms with Crippen LogP contribution in [0.15, 0.2) is 0 Å². The maximum atomic E-state index is 3.56. The summed E-state index contributed by atoms with van der Waals surface area (Å²) in [5.41, 5.74) is 0.227. The summed E-state index contributed by atoms with van der Waals surface area (Å²) in [7, 11) is 2.19. The molecule has 0 saturated carbocycles. The minimum Gasteiger partial charge on any atom is -0.313 e. The van der Waals surface area contributed by atoms with Gasteiger partial charge in [0.05, 0.1) is 0 Å². The highest BCUT2D eigenvalue weighted by Crippen LogP contribution is 1.99. The topological polar surface area (TPSA) is 27.3 Å². The Morgan fingerprint density at radius 2 is 1.53 bits per heavy atom. The lowest BCUT2D eigenvalue weighted by atomic mass is 10.1. The summed E-state index contributed by atoms with van der Waals surface area (Å²) >= 11 is 0. The third-order valence-corrected chi connectivity index (χ3v) is 3.11. The van der Waals surface area contributed by atoms with Gasteiger partial charge in [0.1, 0.15) is 0 Å². The Labute approximate surface area is 108 Å². The molecule has 0 bridgehead atoms. The maximum absolute atomic E-state index is 3.56. The lowest BCUT2D eigenvalue weighted by molar-refractivity contribution is 0.297. The molecule has 0 aliphatic heterocycles. The van der Waals surface area contributed by atoms with Crippen molar-refractivity contribution < 1.29 is 0 Å². The van der Waals surface area contributed by atoms with E-state index in [-0.39, 0.29) is 5.54 Å². The predicted octanol–water partition coefficient (Wildman–Crippen LogP) is 1.94. The Bertz CT molecular complexity index is 184. The molecule has 0 spiro atoms. The molecule has 3 nitrogen and oxygen atoms in total. The van der Waals surface area contributed by atoms with Gasteiger partial charge in [-0.15, -0.1) is 0 Å². The third-order valence-electron chi connectivity index (χ3n) is 3.11. The monoisotopic (exact) mass is 243 g/mol. The molecule has 0 radical (unpaired) electrons. The summed E-state index contributed by atoms with van der Waals surface area (Å²) in [5.74, 6) is 0.711. The third kappa shape index (κ3) is 10.7. The van der Waals surface area contributed by atoms with Gasteiger partial charge in [-0.1, -0.05) is 13.8 Å². The van der Waals surface area contributed by atoms with Crippen LogP contribution in [0.2, 0.25) is 0 Å². The number of likely N-dealkylation sites (N-methyl/N-ethyl adjacent to an activating group) is 1. The zero-order chi connectivity index (χ0) is 13.5. The van der Waals surface area contributed by atoms with Crippen molar-refractivity contribution >= 4 is 0 Å². The zero-order valence-electron chi connectivity index (χ0n) is 12.9. The summed E-state index contributed by atoms with van der Waals surface area (Å²) in [5, 5.41) is 7.07. The summed E-state index contributed by atoms with van der Waals surface area (Å²) in [6.07, 6.45) is 0. The van der Waals surface area contributed by atoms with Crippen LogP contribution in [0.25, 0.3) is 0 Å². The molecule has 1 atom stereocenters. The Kier molecular flexibility index (Phi) is 8.01. The van der Waals surface area contributed by atoms with E-state index in [1.165, 1.54) is 0 Å². The van der Waals surface area contributed by atoms with Gasteiger partial charge in [0, 0.05) is 37.8 Å². The first kappa shape index (κ1) is 16.9. The molecule has 0 amide bonds. The molecule has 0 rings (SSSR count). The van der Waals surface area contributed by atoms with Crippen LogP contribution in [-0.4, -0.2) is 49.7 Å². The number of nitrogens with one attached hydrogen (secondary N) is 2. The average Bonchev–Trinajstić information content (AvgIpc) is 2.15. The Balaban J connectivity index is 3.50. The van der Waals surface area contributed by atoms with Crippen molar-refractivity contribution in [2.45, 2.75) is 53.1 Å². The zero-order valence-corrected chi connectivity index (χ0v) is 12.9. The van der Waals surface area contributed by atoms with Gasteiger partial charge in [0.15, 0.2) is 0 Å². The van der Waals surface area contributed by atoms with E-state index in [9.17, 15) is 0 Å². The van der Waals surface area contributed by atoms with Crippen LogP contribution >= 0.6 is 0 Å². The standard InChI is InChI=1S/C14H33N3/c1-12(2)13(3)15-8-10-17(7)11-9-16-14(4,5)6/h12-13,15-16H,8-11H2,1-7H3. The van der Waals surface area contributed by atoms with Crippen molar-refractivity contribution in [1.29, 1.82) is 0 Å². The molecule has 0 saturated heterocycles. The van der Waals surface area contributed by atoms with Gasteiger partial charge in [-0.25, -0.2) is 0 Å². The maximum Gasteiger partial charge on any atom is 0.0105 e. The summed E-state index contributed by atoms with van der Waals surface area (Å²) in [4.78, 5) is 2.37. The molecule has 104 valence electrons. The van der Waals surface area contributed by atoms with Crippen molar-refractivity contribution in [3.63, 3.8) is 0 Å². The Hall–Kier alpha value is -0.120. The van der Waals surface area contributed by atoms with Crippen molar-refractivity contribution in [3.8, 4) is 0 Å². The Morgan fingerprint density at radius 1 is 1.00 bits per heavy atom. The van der Waals surface area contributed by atoms with Crippen LogP contribution in [0.5, 0.6) is 0 Å². The molecule has 2 N–H and O–H groups in total. The van der Waals surface area contributed by atoms with Crippen molar-refractivity contribution in [1.82, 2.24) is 15.5 Å². The number of hydrogen-bond acceptors (Lipinski definition) is 3. The highest BCUT2D eigenvalue weighted by molar-refractivity contribution is 4.71. The van der Waals surface area contributed by atoms with E-state index >= 15 is 0 Å². The minimum absolute atomic E-state index is 0.227. The van der Waals surface area contributed by atoms with Crippen molar-refractivity contribution in [2.75, 3.05) is 33.2 Å². The SMILES string of the molecule is CC(C)C(C)NCCN(C)CCNC(C)(C)C. The van der Waals surface area contributed by atoms with Crippen LogP contribution in [0.1, 0.15) is 41.5 Å². The van der Waals surface area contributed by atoms with Gasteiger partial charge in [-0.05, 0) is 40.7 Å². The number of rotatable bonds is 8. The molecule has 0 fully saturated rings. The van der Waals surface area contributed by atoms with Gasteiger partial charge in [0.25, 0.3) is 0 Å². The molecule has 17 heavy (non-hydrogen) atoms. The fourth-order valence-electron chi connectivity index (χ4n) is 1.45. The van der Waals surface area contributed by atoms with E-state index in [4.69, 9.17) is 0 Å². The molecular formula is C14H33N3. The molecule has 0 aromatic rings. The minimum atomic E-state index is 0.227. The summed E-state index contributed by atoms with van der Waals surface area (Å²) < 4.78 is 0. The van der Waals surface area contributed by atoms with E-state index < -0.39 is 0 Å².